The van der Waals surface area contributed by atoms with Crippen molar-refractivity contribution in [3.05, 3.63) is 24.3 Å². The minimum absolute atomic E-state index is 0.0327. The van der Waals surface area contributed by atoms with E-state index in [4.69, 9.17) is 4.74 Å². The summed E-state index contributed by atoms with van der Waals surface area (Å²) in [6.07, 6.45) is 5.85. The predicted octanol–water partition coefficient (Wildman–Crippen LogP) is 1.76. The first kappa shape index (κ1) is 22.1. The molecule has 170 valence electrons. The molecule has 2 aliphatic heterocycles. The Hall–Kier alpha value is -2.13. The number of hydrogen-bond acceptors (Lipinski definition) is 5. The minimum Gasteiger partial charge on any atom is -0.497 e. The number of carbonyl (C=O) groups is 2. The van der Waals surface area contributed by atoms with E-state index in [1.165, 1.54) is 19.2 Å². The summed E-state index contributed by atoms with van der Waals surface area (Å²) < 4.78 is 33.1. The molecule has 3 fully saturated rings. The van der Waals surface area contributed by atoms with Gasteiger partial charge in [-0.05, 0) is 49.9 Å². The molecule has 2 saturated heterocycles. The molecule has 1 aliphatic carbocycles. The van der Waals surface area contributed by atoms with E-state index in [0.29, 0.717) is 50.7 Å². The number of ether oxygens (including phenoxy) is 1. The quantitative estimate of drug-likeness (QED) is 0.714. The molecule has 0 unspecified atom stereocenters. The fourth-order valence-corrected chi connectivity index (χ4v) is 6.29. The molecule has 1 atom stereocenters. The number of benzene rings is 1. The zero-order valence-corrected chi connectivity index (χ0v) is 18.8. The van der Waals surface area contributed by atoms with E-state index in [1.807, 2.05) is 4.90 Å². The largest absolute Gasteiger partial charge is 0.497 e. The van der Waals surface area contributed by atoms with Gasteiger partial charge in [0.05, 0.1) is 17.9 Å². The highest BCUT2D eigenvalue weighted by Crippen LogP contribution is 2.30. The van der Waals surface area contributed by atoms with Crippen LogP contribution in [-0.4, -0.2) is 68.9 Å². The zero-order chi connectivity index (χ0) is 22.0. The number of methoxy groups -OCH3 is 1. The van der Waals surface area contributed by atoms with E-state index in [2.05, 4.69) is 4.72 Å². The normalized spacial score (nSPS) is 23.5. The second-order valence-electron chi connectivity index (χ2n) is 8.78. The van der Waals surface area contributed by atoms with E-state index in [-0.39, 0.29) is 28.7 Å². The number of amides is 2. The lowest BCUT2D eigenvalue weighted by Gasteiger charge is -2.33. The maximum atomic E-state index is 13.0. The first-order valence-electron chi connectivity index (χ1n) is 11.1. The summed E-state index contributed by atoms with van der Waals surface area (Å²) >= 11 is 0. The second kappa shape index (κ2) is 9.16. The number of piperidine rings is 1. The van der Waals surface area contributed by atoms with Crippen LogP contribution >= 0.6 is 0 Å². The molecule has 0 spiro atoms. The van der Waals surface area contributed by atoms with E-state index in [9.17, 15) is 18.0 Å². The standard InChI is InChI=1S/C22H31N3O5S/c1-30-19-6-8-20(9-7-19)31(28,29)23-17-10-12-24(13-11-17)22(27)16-14-21(26)25(15-16)18-4-2-3-5-18/h6-9,16-18,23H,2-5,10-15H2,1H3/t16-/m0/s1. The lowest BCUT2D eigenvalue weighted by molar-refractivity contribution is -0.136. The van der Waals surface area contributed by atoms with Crippen LogP contribution < -0.4 is 9.46 Å². The maximum Gasteiger partial charge on any atom is 0.240 e. The fraction of sp³-hybridized carbons (Fsp3) is 0.636. The summed E-state index contributed by atoms with van der Waals surface area (Å²) in [5.41, 5.74) is 0. The molecule has 2 heterocycles. The van der Waals surface area contributed by atoms with Gasteiger partial charge in [-0.15, -0.1) is 0 Å². The average Bonchev–Trinajstić information content (AvgIpc) is 3.43. The molecule has 1 N–H and O–H groups in total. The van der Waals surface area contributed by atoms with Gasteiger partial charge in [0.2, 0.25) is 21.8 Å². The molecule has 31 heavy (non-hydrogen) atoms. The Labute approximate surface area is 184 Å². The van der Waals surface area contributed by atoms with E-state index >= 15 is 0 Å². The van der Waals surface area contributed by atoms with Crippen LogP contribution in [0.25, 0.3) is 0 Å². The number of sulfonamides is 1. The van der Waals surface area contributed by atoms with Gasteiger partial charge in [0.15, 0.2) is 0 Å². The van der Waals surface area contributed by atoms with Crippen molar-refractivity contribution < 1.29 is 22.7 Å². The molecule has 4 rings (SSSR count). The van der Waals surface area contributed by atoms with Crippen LogP contribution in [0.15, 0.2) is 29.2 Å². The molecule has 9 heteroatoms. The van der Waals surface area contributed by atoms with Gasteiger partial charge in [0, 0.05) is 38.1 Å². The maximum absolute atomic E-state index is 13.0. The molecule has 0 aromatic heterocycles. The SMILES string of the molecule is COc1ccc(S(=O)(=O)NC2CCN(C(=O)[C@H]3CC(=O)N(C4CCCC4)C3)CC2)cc1. The molecule has 1 aromatic carbocycles. The van der Waals surface area contributed by atoms with Crippen molar-refractivity contribution in [2.24, 2.45) is 5.92 Å². The van der Waals surface area contributed by atoms with Gasteiger partial charge in [-0.2, -0.15) is 0 Å². The highest BCUT2D eigenvalue weighted by molar-refractivity contribution is 7.89. The number of carbonyl (C=O) groups excluding carboxylic acids is 2. The summed E-state index contributed by atoms with van der Waals surface area (Å²) in [4.78, 5) is 29.3. The Balaban J connectivity index is 1.29. The van der Waals surface area contributed by atoms with Crippen LogP contribution in [0.5, 0.6) is 5.75 Å². The number of nitrogens with one attached hydrogen (secondary N) is 1. The van der Waals surface area contributed by atoms with Gasteiger partial charge < -0.3 is 14.5 Å². The van der Waals surface area contributed by atoms with Crippen molar-refractivity contribution in [2.75, 3.05) is 26.7 Å². The van der Waals surface area contributed by atoms with Crippen molar-refractivity contribution in [2.45, 2.75) is 61.9 Å². The third-order valence-corrected chi connectivity index (χ3v) is 8.31. The van der Waals surface area contributed by atoms with Crippen LogP contribution in [0.1, 0.15) is 44.9 Å². The third-order valence-electron chi connectivity index (χ3n) is 6.77. The molecule has 3 aliphatic rings. The number of likely N-dealkylation sites (tertiary alicyclic amines) is 2. The summed E-state index contributed by atoms with van der Waals surface area (Å²) in [6.45, 7) is 1.54. The van der Waals surface area contributed by atoms with E-state index < -0.39 is 10.0 Å². The van der Waals surface area contributed by atoms with Crippen molar-refractivity contribution >= 4 is 21.8 Å². The molecule has 8 nitrogen and oxygen atoms in total. The topological polar surface area (TPSA) is 96.0 Å². The Bertz CT molecular complexity index is 904. The highest BCUT2D eigenvalue weighted by Gasteiger charge is 2.40. The Morgan fingerprint density at radius 2 is 1.71 bits per heavy atom. The molecule has 2 amide bonds. The van der Waals surface area contributed by atoms with Crippen molar-refractivity contribution in [3.63, 3.8) is 0 Å². The highest BCUT2D eigenvalue weighted by atomic mass is 32.2. The summed E-state index contributed by atoms with van der Waals surface area (Å²) in [5, 5.41) is 0. The smallest absolute Gasteiger partial charge is 0.240 e. The predicted molar refractivity (Wildman–Crippen MR) is 115 cm³/mol. The number of rotatable bonds is 6. The minimum atomic E-state index is -3.62. The third kappa shape index (κ3) is 4.87. The Morgan fingerprint density at radius 3 is 2.32 bits per heavy atom. The lowest BCUT2D eigenvalue weighted by Crippen LogP contribution is -2.48. The first-order valence-corrected chi connectivity index (χ1v) is 12.6. The van der Waals surface area contributed by atoms with Gasteiger partial charge in [-0.3, -0.25) is 9.59 Å². The Morgan fingerprint density at radius 1 is 1.06 bits per heavy atom. The van der Waals surface area contributed by atoms with Gasteiger partial charge in [0.1, 0.15) is 5.75 Å². The van der Waals surface area contributed by atoms with Crippen LogP contribution in [0.2, 0.25) is 0 Å². The van der Waals surface area contributed by atoms with E-state index in [0.717, 1.165) is 25.7 Å². The summed E-state index contributed by atoms with van der Waals surface area (Å²) in [6, 6.07) is 6.38. The summed E-state index contributed by atoms with van der Waals surface area (Å²) in [7, 11) is -2.09. The lowest BCUT2D eigenvalue weighted by atomic mass is 10.0. The Kier molecular flexibility index (Phi) is 6.52. The second-order valence-corrected chi connectivity index (χ2v) is 10.5. The molecule has 0 bridgehead atoms. The van der Waals surface area contributed by atoms with Gasteiger partial charge in [-0.25, -0.2) is 13.1 Å². The molecular formula is C22H31N3O5S. The monoisotopic (exact) mass is 449 g/mol. The van der Waals surface area contributed by atoms with Gasteiger partial charge >= 0.3 is 0 Å². The van der Waals surface area contributed by atoms with Crippen LogP contribution in [0, 0.1) is 5.92 Å². The molecular weight excluding hydrogens is 418 g/mol. The molecule has 0 radical (unpaired) electrons. The van der Waals surface area contributed by atoms with Crippen LogP contribution in [0.3, 0.4) is 0 Å². The van der Waals surface area contributed by atoms with Crippen LogP contribution in [-0.2, 0) is 19.6 Å². The molecule has 1 saturated carbocycles. The summed E-state index contributed by atoms with van der Waals surface area (Å²) in [5.74, 6) is 0.473. The molecule has 1 aromatic rings. The average molecular weight is 450 g/mol. The van der Waals surface area contributed by atoms with Crippen molar-refractivity contribution in [1.82, 2.24) is 14.5 Å². The fourth-order valence-electron chi connectivity index (χ4n) is 4.98. The van der Waals surface area contributed by atoms with Crippen molar-refractivity contribution in [1.29, 1.82) is 0 Å². The van der Waals surface area contributed by atoms with Crippen molar-refractivity contribution in [3.8, 4) is 5.75 Å². The van der Waals surface area contributed by atoms with Crippen LogP contribution in [0.4, 0.5) is 0 Å². The zero-order valence-electron chi connectivity index (χ0n) is 18.0. The van der Waals surface area contributed by atoms with Gasteiger partial charge in [-0.1, -0.05) is 12.8 Å². The number of hydrogen-bond donors (Lipinski definition) is 1. The van der Waals surface area contributed by atoms with Gasteiger partial charge in [0.25, 0.3) is 0 Å². The first-order chi connectivity index (χ1) is 14.9. The van der Waals surface area contributed by atoms with E-state index in [1.54, 1.807) is 17.0 Å². The number of nitrogens with zero attached hydrogens (tertiary/aromatic N) is 2.